The van der Waals surface area contributed by atoms with Crippen molar-refractivity contribution in [1.29, 1.82) is 0 Å². The van der Waals surface area contributed by atoms with Crippen molar-refractivity contribution in [3.8, 4) is 23.0 Å². The molecule has 0 aliphatic heterocycles. The number of nitrogen functional groups attached to an aromatic ring is 1. The summed E-state index contributed by atoms with van der Waals surface area (Å²) in [5.41, 5.74) is 7.13. The SMILES string of the molecule is COc1ccc(-c2nnc(COc3ccc(N)cc3)o2)cc1. The van der Waals surface area contributed by atoms with Gasteiger partial charge in [0.15, 0.2) is 6.61 Å². The summed E-state index contributed by atoms with van der Waals surface area (Å²) in [6.07, 6.45) is 0. The molecule has 0 fully saturated rings. The maximum Gasteiger partial charge on any atom is 0.254 e. The first-order valence-electron chi connectivity index (χ1n) is 6.70. The Labute approximate surface area is 127 Å². The Bertz CT molecular complexity index is 736. The van der Waals surface area contributed by atoms with Crippen molar-refractivity contribution in [1.82, 2.24) is 10.2 Å². The minimum absolute atomic E-state index is 0.201. The van der Waals surface area contributed by atoms with Crippen LogP contribution in [0.4, 0.5) is 5.69 Å². The highest BCUT2D eigenvalue weighted by molar-refractivity contribution is 5.53. The summed E-state index contributed by atoms with van der Waals surface area (Å²) in [6.45, 7) is 0.201. The predicted molar refractivity (Wildman–Crippen MR) is 81.5 cm³/mol. The molecule has 0 aliphatic rings. The van der Waals surface area contributed by atoms with Gasteiger partial charge in [0.2, 0.25) is 5.89 Å². The Balaban J connectivity index is 1.66. The van der Waals surface area contributed by atoms with E-state index in [0.29, 0.717) is 23.2 Å². The summed E-state index contributed by atoms with van der Waals surface area (Å²) < 4.78 is 16.2. The molecule has 2 N–H and O–H groups in total. The molecule has 112 valence electrons. The van der Waals surface area contributed by atoms with Gasteiger partial charge >= 0.3 is 0 Å². The van der Waals surface area contributed by atoms with E-state index in [0.717, 1.165) is 11.3 Å². The van der Waals surface area contributed by atoms with Gasteiger partial charge in [-0.25, -0.2) is 0 Å². The first-order chi connectivity index (χ1) is 10.7. The van der Waals surface area contributed by atoms with Crippen LogP contribution < -0.4 is 15.2 Å². The minimum Gasteiger partial charge on any atom is -0.497 e. The van der Waals surface area contributed by atoms with Gasteiger partial charge in [0.05, 0.1) is 7.11 Å². The van der Waals surface area contributed by atoms with Gasteiger partial charge in [-0.15, -0.1) is 10.2 Å². The molecule has 1 heterocycles. The standard InChI is InChI=1S/C16H15N3O3/c1-20-13-6-2-11(3-7-13)16-19-18-15(22-16)10-21-14-8-4-12(17)5-9-14/h2-9H,10,17H2,1H3. The molecule has 3 aromatic rings. The van der Waals surface area contributed by atoms with E-state index in [1.54, 1.807) is 31.4 Å². The first kappa shape index (κ1) is 13.9. The lowest BCUT2D eigenvalue weighted by molar-refractivity contribution is 0.264. The summed E-state index contributed by atoms with van der Waals surface area (Å²) in [5, 5.41) is 7.98. The van der Waals surface area contributed by atoms with E-state index in [4.69, 9.17) is 19.6 Å². The molecular formula is C16H15N3O3. The summed E-state index contributed by atoms with van der Waals surface area (Å²) in [6, 6.07) is 14.5. The number of ether oxygens (including phenoxy) is 2. The molecule has 0 atom stereocenters. The molecule has 6 heteroatoms. The molecule has 0 bridgehead atoms. The van der Waals surface area contributed by atoms with Gasteiger partial charge < -0.3 is 19.6 Å². The van der Waals surface area contributed by atoms with Crippen molar-refractivity contribution >= 4 is 5.69 Å². The Kier molecular flexibility index (Phi) is 3.91. The van der Waals surface area contributed by atoms with Crippen LogP contribution in [0.15, 0.2) is 52.9 Å². The molecular weight excluding hydrogens is 282 g/mol. The zero-order valence-electron chi connectivity index (χ0n) is 12.0. The fourth-order valence-corrected chi connectivity index (χ4v) is 1.87. The van der Waals surface area contributed by atoms with Gasteiger partial charge in [0, 0.05) is 11.3 Å². The molecule has 2 aromatic carbocycles. The van der Waals surface area contributed by atoms with Crippen LogP contribution in [0.2, 0.25) is 0 Å². The number of hydrogen-bond acceptors (Lipinski definition) is 6. The third kappa shape index (κ3) is 3.17. The topological polar surface area (TPSA) is 83.4 Å². The quantitative estimate of drug-likeness (QED) is 0.729. The van der Waals surface area contributed by atoms with Crippen molar-refractivity contribution in [2.75, 3.05) is 12.8 Å². The number of nitrogens with zero attached hydrogens (tertiary/aromatic N) is 2. The molecule has 0 saturated heterocycles. The van der Waals surface area contributed by atoms with Gasteiger partial charge in [-0.05, 0) is 48.5 Å². The van der Waals surface area contributed by atoms with E-state index in [-0.39, 0.29) is 6.61 Å². The molecule has 3 rings (SSSR count). The lowest BCUT2D eigenvalue weighted by atomic mass is 10.2. The van der Waals surface area contributed by atoms with Crippen LogP contribution in [0.1, 0.15) is 5.89 Å². The van der Waals surface area contributed by atoms with Crippen molar-refractivity contribution in [3.63, 3.8) is 0 Å². The second-order valence-corrected chi connectivity index (χ2v) is 4.59. The molecule has 1 aromatic heterocycles. The Morgan fingerprint density at radius 1 is 0.955 bits per heavy atom. The first-order valence-corrected chi connectivity index (χ1v) is 6.70. The van der Waals surface area contributed by atoms with Gasteiger partial charge in [0.1, 0.15) is 11.5 Å². The Morgan fingerprint density at radius 2 is 1.64 bits per heavy atom. The summed E-state index contributed by atoms with van der Waals surface area (Å²) in [5.74, 6) is 2.31. The molecule has 0 amide bonds. The van der Waals surface area contributed by atoms with Crippen LogP contribution in [-0.2, 0) is 6.61 Å². The summed E-state index contributed by atoms with van der Waals surface area (Å²) >= 11 is 0. The van der Waals surface area contributed by atoms with Crippen LogP contribution >= 0.6 is 0 Å². The van der Waals surface area contributed by atoms with Gasteiger partial charge in [0.25, 0.3) is 5.89 Å². The van der Waals surface area contributed by atoms with Crippen molar-refractivity contribution < 1.29 is 13.9 Å². The smallest absolute Gasteiger partial charge is 0.254 e. The molecule has 0 radical (unpaired) electrons. The van der Waals surface area contributed by atoms with E-state index in [9.17, 15) is 0 Å². The number of hydrogen-bond donors (Lipinski definition) is 1. The average molecular weight is 297 g/mol. The van der Waals surface area contributed by atoms with Crippen molar-refractivity contribution in [3.05, 3.63) is 54.4 Å². The van der Waals surface area contributed by atoms with Crippen molar-refractivity contribution in [2.45, 2.75) is 6.61 Å². The van der Waals surface area contributed by atoms with Crippen LogP contribution in [0.3, 0.4) is 0 Å². The van der Waals surface area contributed by atoms with Crippen molar-refractivity contribution in [2.24, 2.45) is 0 Å². The molecule has 22 heavy (non-hydrogen) atoms. The monoisotopic (exact) mass is 297 g/mol. The number of methoxy groups -OCH3 is 1. The van der Waals surface area contributed by atoms with E-state index >= 15 is 0 Å². The number of anilines is 1. The van der Waals surface area contributed by atoms with E-state index in [1.807, 2.05) is 24.3 Å². The van der Waals surface area contributed by atoms with Crippen LogP contribution in [0.25, 0.3) is 11.5 Å². The molecule has 6 nitrogen and oxygen atoms in total. The fraction of sp³-hybridized carbons (Fsp3) is 0.125. The maximum atomic E-state index is 5.62. The number of aromatic nitrogens is 2. The third-order valence-corrected chi connectivity index (χ3v) is 3.05. The third-order valence-electron chi connectivity index (χ3n) is 3.05. The number of benzene rings is 2. The lowest BCUT2D eigenvalue weighted by Crippen LogP contribution is -1.95. The number of rotatable bonds is 5. The normalized spacial score (nSPS) is 10.4. The average Bonchev–Trinajstić information content (AvgIpc) is 3.03. The maximum absolute atomic E-state index is 5.62. The highest BCUT2D eigenvalue weighted by Crippen LogP contribution is 2.22. The Morgan fingerprint density at radius 3 is 2.32 bits per heavy atom. The Hall–Kier alpha value is -3.02. The summed E-state index contributed by atoms with van der Waals surface area (Å²) in [7, 11) is 1.62. The fourth-order valence-electron chi connectivity index (χ4n) is 1.87. The second-order valence-electron chi connectivity index (χ2n) is 4.59. The molecule has 0 spiro atoms. The molecule has 0 saturated carbocycles. The van der Waals surface area contributed by atoms with E-state index in [1.165, 1.54) is 0 Å². The number of nitrogens with two attached hydrogens (primary N) is 1. The van der Waals surface area contributed by atoms with Gasteiger partial charge in [-0.3, -0.25) is 0 Å². The van der Waals surface area contributed by atoms with Crippen LogP contribution in [0.5, 0.6) is 11.5 Å². The molecule has 0 aliphatic carbocycles. The highest BCUT2D eigenvalue weighted by atomic mass is 16.5. The van der Waals surface area contributed by atoms with Gasteiger partial charge in [-0.1, -0.05) is 0 Å². The van der Waals surface area contributed by atoms with Gasteiger partial charge in [-0.2, -0.15) is 0 Å². The zero-order chi connectivity index (χ0) is 15.4. The highest BCUT2D eigenvalue weighted by Gasteiger charge is 2.09. The lowest BCUT2D eigenvalue weighted by Gasteiger charge is -2.03. The van der Waals surface area contributed by atoms with E-state index in [2.05, 4.69) is 10.2 Å². The van der Waals surface area contributed by atoms with Crippen LogP contribution in [-0.4, -0.2) is 17.3 Å². The largest absolute Gasteiger partial charge is 0.497 e. The minimum atomic E-state index is 0.201. The zero-order valence-corrected chi connectivity index (χ0v) is 12.0. The van der Waals surface area contributed by atoms with E-state index < -0.39 is 0 Å². The predicted octanol–water partition coefficient (Wildman–Crippen LogP) is 2.91. The summed E-state index contributed by atoms with van der Waals surface area (Å²) in [4.78, 5) is 0. The second kappa shape index (κ2) is 6.17. The van der Waals surface area contributed by atoms with Crippen LogP contribution in [0, 0.1) is 0 Å². The molecule has 0 unspecified atom stereocenters.